The molecule has 1 saturated heterocycles. The molecule has 1 atom stereocenters. The van der Waals surface area contributed by atoms with E-state index in [1.165, 1.54) is 28.0 Å². The van der Waals surface area contributed by atoms with Crippen molar-refractivity contribution in [1.82, 2.24) is 15.2 Å². The molecule has 0 aromatic carbocycles. The van der Waals surface area contributed by atoms with Gasteiger partial charge in [0.2, 0.25) is 5.91 Å². The number of aryl methyl sites for hydroxylation is 2. The van der Waals surface area contributed by atoms with Crippen LogP contribution in [0.2, 0.25) is 0 Å². The van der Waals surface area contributed by atoms with Crippen molar-refractivity contribution in [3.63, 3.8) is 0 Å². The molecule has 2 aromatic rings. The van der Waals surface area contributed by atoms with Crippen LogP contribution in [-0.4, -0.2) is 37.6 Å². The van der Waals surface area contributed by atoms with Gasteiger partial charge < -0.3 is 4.42 Å². The Balaban J connectivity index is 1.61. The number of hydrogen-bond acceptors (Lipinski definition) is 6. The molecule has 1 aliphatic heterocycles. The zero-order valence-electron chi connectivity index (χ0n) is 15.0. The van der Waals surface area contributed by atoms with E-state index in [2.05, 4.69) is 10.9 Å². The number of thiophene rings is 1. The van der Waals surface area contributed by atoms with Crippen molar-refractivity contribution in [3.8, 4) is 0 Å². The van der Waals surface area contributed by atoms with E-state index in [0.29, 0.717) is 30.7 Å². The van der Waals surface area contributed by atoms with Gasteiger partial charge in [0.25, 0.3) is 15.9 Å². The maximum Gasteiger partial charge on any atom is 0.273 e. The molecule has 1 aliphatic rings. The molecule has 146 valence electrons. The van der Waals surface area contributed by atoms with Crippen LogP contribution in [0.1, 0.15) is 33.8 Å². The fourth-order valence-corrected chi connectivity index (χ4v) is 5.92. The van der Waals surface area contributed by atoms with Gasteiger partial charge in [-0.2, -0.15) is 4.31 Å². The zero-order chi connectivity index (χ0) is 19.6. The Bertz CT molecular complexity index is 947. The number of furan rings is 1. The van der Waals surface area contributed by atoms with Crippen LogP contribution >= 0.6 is 11.3 Å². The highest BCUT2D eigenvalue weighted by molar-refractivity contribution is 7.91. The van der Waals surface area contributed by atoms with Gasteiger partial charge in [-0.25, -0.2) is 8.42 Å². The summed E-state index contributed by atoms with van der Waals surface area (Å²) in [5.41, 5.74) is 5.06. The van der Waals surface area contributed by atoms with E-state index in [9.17, 15) is 18.0 Å². The second-order valence-electron chi connectivity index (χ2n) is 6.40. The molecule has 27 heavy (non-hydrogen) atoms. The van der Waals surface area contributed by atoms with Gasteiger partial charge in [-0.15, -0.1) is 11.3 Å². The first-order valence-corrected chi connectivity index (χ1v) is 10.8. The number of amides is 2. The highest BCUT2D eigenvalue weighted by Crippen LogP contribution is 2.28. The van der Waals surface area contributed by atoms with Crippen LogP contribution in [0, 0.1) is 19.8 Å². The molecule has 0 aliphatic carbocycles. The highest BCUT2D eigenvalue weighted by Gasteiger charge is 2.34. The maximum absolute atomic E-state index is 12.8. The first-order chi connectivity index (χ1) is 12.8. The van der Waals surface area contributed by atoms with Gasteiger partial charge in [0.15, 0.2) is 0 Å². The first-order valence-electron chi connectivity index (χ1n) is 8.50. The molecule has 2 amide bonds. The van der Waals surface area contributed by atoms with Crippen LogP contribution < -0.4 is 10.9 Å². The summed E-state index contributed by atoms with van der Waals surface area (Å²) in [4.78, 5) is 25.4. The predicted octanol–water partition coefficient (Wildman–Crippen LogP) is 1.82. The lowest BCUT2D eigenvalue weighted by atomic mass is 9.99. The Hall–Kier alpha value is -2.17. The molecule has 2 N–H and O–H groups in total. The van der Waals surface area contributed by atoms with Gasteiger partial charge in [0.1, 0.15) is 9.97 Å². The summed E-state index contributed by atoms with van der Waals surface area (Å²) in [6.07, 6.45) is 2.53. The Morgan fingerprint density at radius 2 is 2.00 bits per heavy atom. The van der Waals surface area contributed by atoms with E-state index in [-0.39, 0.29) is 10.8 Å². The summed E-state index contributed by atoms with van der Waals surface area (Å²) < 4.78 is 32.2. The van der Waals surface area contributed by atoms with E-state index in [1.54, 1.807) is 19.1 Å². The molecule has 3 rings (SSSR count). The number of carbonyl (C=O) groups excluding carboxylic acids is 2. The summed E-state index contributed by atoms with van der Waals surface area (Å²) in [5.74, 6) is -0.973. The maximum atomic E-state index is 12.8. The molecule has 2 aromatic heterocycles. The van der Waals surface area contributed by atoms with Crippen molar-refractivity contribution >= 4 is 33.2 Å². The van der Waals surface area contributed by atoms with E-state index in [0.717, 1.165) is 4.88 Å². The smallest absolute Gasteiger partial charge is 0.273 e. The van der Waals surface area contributed by atoms with Gasteiger partial charge in [0, 0.05) is 18.0 Å². The number of rotatable bonds is 4. The van der Waals surface area contributed by atoms with Gasteiger partial charge >= 0.3 is 0 Å². The third-order valence-electron chi connectivity index (χ3n) is 4.47. The quantitative estimate of drug-likeness (QED) is 0.746. The number of piperidine rings is 1. The SMILES string of the molecule is Cc1ccc(S(=O)(=O)N2CCCC(C(=O)NNC(=O)c3ccoc3C)C2)s1. The summed E-state index contributed by atoms with van der Waals surface area (Å²) in [6.45, 7) is 3.96. The normalized spacial score (nSPS) is 18.2. The minimum absolute atomic E-state index is 0.0890. The van der Waals surface area contributed by atoms with Crippen molar-refractivity contribution in [1.29, 1.82) is 0 Å². The molecule has 8 nitrogen and oxygen atoms in total. The minimum atomic E-state index is -3.61. The third kappa shape index (κ3) is 4.23. The van der Waals surface area contributed by atoms with Crippen molar-refractivity contribution in [2.75, 3.05) is 13.1 Å². The molecule has 3 heterocycles. The Morgan fingerprint density at radius 3 is 2.63 bits per heavy atom. The average Bonchev–Trinajstić information content (AvgIpc) is 3.28. The van der Waals surface area contributed by atoms with E-state index in [4.69, 9.17) is 4.42 Å². The fraction of sp³-hybridized carbons (Fsp3) is 0.412. The van der Waals surface area contributed by atoms with Crippen molar-refractivity contribution in [2.24, 2.45) is 5.92 Å². The molecule has 0 radical (unpaired) electrons. The van der Waals surface area contributed by atoms with Crippen LogP contribution in [0.4, 0.5) is 0 Å². The lowest BCUT2D eigenvalue weighted by Crippen LogP contribution is -2.49. The second kappa shape index (κ2) is 7.83. The standard InChI is InChI=1S/C17H21N3O5S2/c1-11-5-6-15(26-11)27(23,24)20-8-3-4-13(10-20)16(21)18-19-17(22)14-7-9-25-12(14)2/h5-7,9,13H,3-4,8,10H2,1-2H3,(H,18,21)(H,19,22). The van der Waals surface area contributed by atoms with Gasteiger partial charge in [-0.3, -0.25) is 20.4 Å². The van der Waals surface area contributed by atoms with Crippen LogP contribution in [0.3, 0.4) is 0 Å². The fourth-order valence-electron chi connectivity index (χ4n) is 2.96. The van der Waals surface area contributed by atoms with Crippen LogP contribution in [0.5, 0.6) is 0 Å². The monoisotopic (exact) mass is 411 g/mol. The molecule has 0 bridgehead atoms. The van der Waals surface area contributed by atoms with Crippen LogP contribution in [0.15, 0.2) is 33.1 Å². The number of carbonyl (C=O) groups is 2. The van der Waals surface area contributed by atoms with Crippen molar-refractivity contribution in [3.05, 3.63) is 40.7 Å². The number of nitrogens with zero attached hydrogens (tertiary/aromatic N) is 1. The number of nitrogens with one attached hydrogen (secondary N) is 2. The first kappa shape index (κ1) is 19.6. The summed E-state index contributed by atoms with van der Waals surface area (Å²) in [5, 5.41) is 0. The topological polar surface area (TPSA) is 109 Å². The zero-order valence-corrected chi connectivity index (χ0v) is 16.7. The summed E-state index contributed by atoms with van der Waals surface area (Å²) in [6, 6.07) is 4.86. The molecule has 1 unspecified atom stereocenters. The molecule has 0 saturated carbocycles. The largest absolute Gasteiger partial charge is 0.469 e. The van der Waals surface area contributed by atoms with Gasteiger partial charge in [0.05, 0.1) is 17.7 Å². The Morgan fingerprint density at radius 1 is 1.22 bits per heavy atom. The summed E-state index contributed by atoms with van der Waals surface area (Å²) in [7, 11) is -3.61. The Kier molecular flexibility index (Phi) is 5.68. The minimum Gasteiger partial charge on any atom is -0.469 e. The predicted molar refractivity (Wildman–Crippen MR) is 99.6 cm³/mol. The summed E-state index contributed by atoms with van der Waals surface area (Å²) >= 11 is 1.22. The van der Waals surface area contributed by atoms with Crippen molar-refractivity contribution in [2.45, 2.75) is 30.9 Å². The Labute approximate surface area is 161 Å². The molecule has 10 heteroatoms. The van der Waals surface area contributed by atoms with E-state index in [1.807, 2.05) is 6.92 Å². The number of hydrogen-bond donors (Lipinski definition) is 2. The van der Waals surface area contributed by atoms with Gasteiger partial charge in [-0.05, 0) is 44.9 Å². The lowest BCUT2D eigenvalue weighted by Gasteiger charge is -2.30. The van der Waals surface area contributed by atoms with Crippen LogP contribution in [-0.2, 0) is 14.8 Å². The van der Waals surface area contributed by atoms with Crippen LogP contribution in [0.25, 0.3) is 0 Å². The van der Waals surface area contributed by atoms with E-state index < -0.39 is 27.8 Å². The molecular formula is C17H21N3O5S2. The highest BCUT2D eigenvalue weighted by atomic mass is 32.2. The van der Waals surface area contributed by atoms with Gasteiger partial charge in [-0.1, -0.05) is 0 Å². The second-order valence-corrected chi connectivity index (χ2v) is 9.85. The molecular weight excluding hydrogens is 390 g/mol. The number of hydrazine groups is 1. The average molecular weight is 412 g/mol. The van der Waals surface area contributed by atoms with Crippen molar-refractivity contribution < 1.29 is 22.4 Å². The van der Waals surface area contributed by atoms with E-state index >= 15 is 0 Å². The number of sulfonamides is 1. The molecule has 0 spiro atoms. The third-order valence-corrected chi connectivity index (χ3v) is 7.80. The molecule has 1 fully saturated rings. The lowest BCUT2D eigenvalue weighted by molar-refractivity contribution is -0.126.